The number of thioether (sulfide) groups is 1. The summed E-state index contributed by atoms with van der Waals surface area (Å²) in [5.41, 5.74) is 0.952. The van der Waals surface area contributed by atoms with Crippen molar-refractivity contribution in [3.8, 4) is 0 Å². The summed E-state index contributed by atoms with van der Waals surface area (Å²) in [6, 6.07) is 7.71. The van der Waals surface area contributed by atoms with Crippen molar-refractivity contribution in [1.82, 2.24) is 4.90 Å². The molecule has 0 aliphatic carbocycles. The third kappa shape index (κ3) is 4.61. The zero-order valence-electron chi connectivity index (χ0n) is 11.6. The van der Waals surface area contributed by atoms with Crippen LogP contribution in [0.2, 0.25) is 0 Å². The summed E-state index contributed by atoms with van der Waals surface area (Å²) < 4.78 is 5.71. The maximum atomic E-state index is 12.2. The zero-order chi connectivity index (χ0) is 15.2. The Kier molecular flexibility index (Phi) is 5.87. The summed E-state index contributed by atoms with van der Waals surface area (Å²) in [6.45, 7) is 1.05. The first-order valence-electron chi connectivity index (χ1n) is 6.52. The Morgan fingerprint density at radius 2 is 2.29 bits per heavy atom. The Morgan fingerprint density at radius 3 is 3.00 bits per heavy atom. The number of nitrogens with zero attached hydrogens (tertiary/aromatic N) is 1. The first kappa shape index (κ1) is 16.1. The van der Waals surface area contributed by atoms with Crippen molar-refractivity contribution in [2.45, 2.75) is 5.25 Å². The van der Waals surface area contributed by atoms with Gasteiger partial charge in [0.25, 0.3) is 0 Å². The van der Waals surface area contributed by atoms with E-state index in [1.54, 1.807) is 17.1 Å². The van der Waals surface area contributed by atoms with Gasteiger partial charge in [0.15, 0.2) is 0 Å². The van der Waals surface area contributed by atoms with Gasteiger partial charge >= 0.3 is 5.97 Å². The smallest absolute Gasteiger partial charge is 0.320 e. The van der Waals surface area contributed by atoms with E-state index in [0.717, 1.165) is 15.8 Å². The monoisotopic (exact) mass is 369 g/mol. The van der Waals surface area contributed by atoms with Gasteiger partial charge in [-0.3, -0.25) is 9.59 Å². The molecule has 1 aromatic rings. The minimum Gasteiger partial charge on any atom is -0.468 e. The molecule has 4 nitrogen and oxygen atoms in total. The highest BCUT2D eigenvalue weighted by Gasteiger charge is 2.28. The van der Waals surface area contributed by atoms with Gasteiger partial charge in [-0.15, -0.1) is 11.8 Å². The van der Waals surface area contributed by atoms with Gasteiger partial charge in [0.05, 0.1) is 7.11 Å². The van der Waals surface area contributed by atoms with Crippen LogP contribution < -0.4 is 0 Å². The lowest BCUT2D eigenvalue weighted by Crippen LogP contribution is -2.44. The molecule has 0 radical (unpaired) electrons. The maximum absolute atomic E-state index is 12.2. The SMILES string of the molecule is COC(=O)[C@@H]1CN(C(=O)/C=C/c2cccc(Br)c2)CCS1. The lowest BCUT2D eigenvalue weighted by molar-refractivity contribution is -0.140. The number of amides is 1. The molecule has 0 aromatic heterocycles. The van der Waals surface area contributed by atoms with Crippen molar-refractivity contribution in [2.75, 3.05) is 26.0 Å². The predicted molar refractivity (Wildman–Crippen MR) is 88.0 cm³/mol. The second kappa shape index (κ2) is 7.66. The summed E-state index contributed by atoms with van der Waals surface area (Å²) >= 11 is 4.93. The van der Waals surface area contributed by atoms with E-state index < -0.39 is 0 Å². The molecule has 0 unspecified atom stereocenters. The molecule has 1 aliphatic heterocycles. The quantitative estimate of drug-likeness (QED) is 0.606. The van der Waals surface area contributed by atoms with Crippen LogP contribution in [0.1, 0.15) is 5.56 Å². The largest absolute Gasteiger partial charge is 0.468 e. The van der Waals surface area contributed by atoms with Crippen molar-refractivity contribution in [3.05, 3.63) is 40.4 Å². The molecule has 6 heteroatoms. The van der Waals surface area contributed by atoms with Crippen molar-refractivity contribution in [3.63, 3.8) is 0 Å². The number of carbonyl (C=O) groups excluding carboxylic acids is 2. The average molecular weight is 370 g/mol. The fraction of sp³-hybridized carbons (Fsp3) is 0.333. The van der Waals surface area contributed by atoms with Crippen LogP contribution in [0.4, 0.5) is 0 Å². The van der Waals surface area contributed by atoms with E-state index in [1.807, 2.05) is 24.3 Å². The fourth-order valence-electron chi connectivity index (χ4n) is 2.01. The molecule has 1 atom stereocenters. The Balaban J connectivity index is 1.98. The molecule has 1 aliphatic rings. The van der Waals surface area contributed by atoms with Crippen LogP contribution >= 0.6 is 27.7 Å². The lowest BCUT2D eigenvalue weighted by Gasteiger charge is -2.30. The number of methoxy groups -OCH3 is 1. The first-order chi connectivity index (χ1) is 10.1. The van der Waals surface area contributed by atoms with Gasteiger partial charge in [0.2, 0.25) is 5.91 Å². The van der Waals surface area contributed by atoms with E-state index in [2.05, 4.69) is 15.9 Å². The van der Waals surface area contributed by atoms with Crippen LogP contribution in [0.3, 0.4) is 0 Å². The van der Waals surface area contributed by atoms with E-state index in [4.69, 9.17) is 4.74 Å². The molecule has 1 heterocycles. The van der Waals surface area contributed by atoms with Gasteiger partial charge in [-0.05, 0) is 23.8 Å². The number of halogens is 1. The lowest BCUT2D eigenvalue weighted by atomic mass is 10.2. The molecule has 2 rings (SSSR count). The summed E-state index contributed by atoms with van der Waals surface area (Å²) in [6.07, 6.45) is 3.33. The van der Waals surface area contributed by atoms with E-state index in [-0.39, 0.29) is 17.1 Å². The first-order valence-corrected chi connectivity index (χ1v) is 8.36. The third-order valence-electron chi connectivity index (χ3n) is 3.11. The van der Waals surface area contributed by atoms with Gasteiger partial charge in [-0.25, -0.2) is 0 Å². The molecule has 0 N–H and O–H groups in total. The van der Waals surface area contributed by atoms with Crippen LogP contribution in [0.25, 0.3) is 6.08 Å². The molecule has 21 heavy (non-hydrogen) atoms. The van der Waals surface area contributed by atoms with Crippen molar-refractivity contribution < 1.29 is 14.3 Å². The molecule has 1 saturated heterocycles. The van der Waals surface area contributed by atoms with Gasteiger partial charge in [-0.2, -0.15) is 0 Å². The molecule has 0 saturated carbocycles. The molecular formula is C15H16BrNO3S. The Labute approximate surface area is 136 Å². The van der Waals surface area contributed by atoms with Crippen LogP contribution in [-0.2, 0) is 14.3 Å². The molecule has 1 fully saturated rings. The average Bonchev–Trinajstić information content (AvgIpc) is 2.52. The van der Waals surface area contributed by atoms with E-state index >= 15 is 0 Å². The van der Waals surface area contributed by atoms with E-state index in [1.165, 1.54) is 18.9 Å². The van der Waals surface area contributed by atoms with E-state index in [0.29, 0.717) is 13.1 Å². The Bertz CT molecular complexity index is 562. The molecule has 0 spiro atoms. The number of hydrogen-bond donors (Lipinski definition) is 0. The molecular weight excluding hydrogens is 354 g/mol. The number of carbonyl (C=O) groups is 2. The highest BCUT2D eigenvalue weighted by Crippen LogP contribution is 2.20. The molecule has 0 bridgehead atoms. The van der Waals surface area contributed by atoms with Gasteiger partial charge < -0.3 is 9.64 Å². The van der Waals surface area contributed by atoms with Crippen LogP contribution in [-0.4, -0.2) is 48.0 Å². The van der Waals surface area contributed by atoms with Crippen LogP contribution in [0, 0.1) is 0 Å². The molecule has 112 valence electrons. The van der Waals surface area contributed by atoms with Crippen LogP contribution in [0.15, 0.2) is 34.8 Å². The number of esters is 1. The van der Waals surface area contributed by atoms with Gasteiger partial charge in [0, 0.05) is 29.4 Å². The second-order valence-corrected chi connectivity index (χ2v) is 6.78. The third-order valence-corrected chi connectivity index (χ3v) is 4.76. The predicted octanol–water partition coefficient (Wildman–Crippen LogP) is 2.58. The highest BCUT2D eigenvalue weighted by atomic mass is 79.9. The summed E-state index contributed by atoms with van der Waals surface area (Å²) in [7, 11) is 1.37. The number of hydrogen-bond acceptors (Lipinski definition) is 4. The summed E-state index contributed by atoms with van der Waals surface area (Å²) in [4.78, 5) is 25.4. The van der Waals surface area contributed by atoms with Gasteiger partial charge in [-0.1, -0.05) is 28.1 Å². The standard InChI is InChI=1S/C15H16BrNO3S/c1-20-15(19)13-10-17(7-8-21-13)14(18)6-5-11-3-2-4-12(16)9-11/h2-6,9,13H,7-8,10H2,1H3/b6-5+/t13-/m0/s1. The van der Waals surface area contributed by atoms with E-state index in [9.17, 15) is 9.59 Å². The van der Waals surface area contributed by atoms with Crippen LogP contribution in [0.5, 0.6) is 0 Å². The topological polar surface area (TPSA) is 46.6 Å². The molecule has 1 amide bonds. The molecule has 1 aromatic carbocycles. The Morgan fingerprint density at radius 1 is 1.48 bits per heavy atom. The van der Waals surface area contributed by atoms with Gasteiger partial charge in [0.1, 0.15) is 5.25 Å². The fourth-order valence-corrected chi connectivity index (χ4v) is 3.55. The minimum atomic E-state index is -0.285. The van der Waals surface area contributed by atoms with Crippen molar-refractivity contribution in [1.29, 1.82) is 0 Å². The van der Waals surface area contributed by atoms with Crippen molar-refractivity contribution >= 4 is 45.6 Å². The summed E-state index contributed by atoms with van der Waals surface area (Å²) in [5.74, 6) is 0.397. The number of benzene rings is 1. The second-order valence-electron chi connectivity index (χ2n) is 4.56. The Hall–Kier alpha value is -1.27. The number of ether oxygens (including phenoxy) is 1. The minimum absolute atomic E-state index is 0.0795. The zero-order valence-corrected chi connectivity index (χ0v) is 14.0. The van der Waals surface area contributed by atoms with Crippen molar-refractivity contribution in [2.24, 2.45) is 0 Å². The maximum Gasteiger partial charge on any atom is 0.320 e. The number of rotatable bonds is 3. The summed E-state index contributed by atoms with van der Waals surface area (Å²) in [5, 5.41) is -0.285. The normalized spacial score (nSPS) is 18.8. The highest BCUT2D eigenvalue weighted by molar-refractivity contribution is 9.10.